The van der Waals surface area contributed by atoms with Crippen molar-refractivity contribution in [3.8, 4) is 57.1 Å². The van der Waals surface area contributed by atoms with Crippen molar-refractivity contribution in [3.63, 3.8) is 0 Å². The van der Waals surface area contributed by atoms with E-state index >= 15 is 24.0 Å². The second-order valence-electron chi connectivity index (χ2n) is 30.8. The van der Waals surface area contributed by atoms with Crippen LogP contribution in [0.15, 0.2) is 72.8 Å². The van der Waals surface area contributed by atoms with Crippen molar-refractivity contribution in [2.45, 2.75) is 209 Å². The number of halogens is 1. The summed E-state index contributed by atoms with van der Waals surface area (Å²) in [7, 11) is 1.51. The van der Waals surface area contributed by atoms with Crippen LogP contribution in [0.2, 0.25) is 5.02 Å². The normalized spacial score (nSPS) is 28.6. The lowest BCUT2D eigenvalue weighted by Gasteiger charge is -2.54. The Bertz CT molecular complexity index is 4330. The molecule has 15 bridgehead atoms. The molecule has 15 rings (SSSR count). The second-order valence-corrected chi connectivity index (χ2v) is 31.3. The number of ether oxygens (including phenoxy) is 4. The highest BCUT2D eigenvalue weighted by atomic mass is 35.5. The minimum atomic E-state index is -2.27. The van der Waals surface area contributed by atoms with Crippen molar-refractivity contribution in [3.05, 3.63) is 117 Å². The summed E-state index contributed by atoms with van der Waals surface area (Å²) in [6, 6.07) is 0.778. The zero-order valence-electron chi connectivity index (χ0n) is 62.2. The first kappa shape index (κ1) is 81.1. The van der Waals surface area contributed by atoms with Gasteiger partial charge in [0.2, 0.25) is 59.3 Å². The molecule has 32 heteroatoms. The Labute approximate surface area is 645 Å². The molecule has 0 spiro atoms. The minimum Gasteiger partial charge on any atom is -0.507 e. The van der Waals surface area contributed by atoms with Crippen molar-refractivity contribution in [1.82, 2.24) is 47.9 Å². The van der Waals surface area contributed by atoms with Crippen LogP contribution < -0.4 is 67.8 Å². The van der Waals surface area contributed by atoms with Crippen molar-refractivity contribution in [2.75, 3.05) is 20.2 Å². The van der Waals surface area contributed by atoms with Crippen molar-refractivity contribution in [1.29, 1.82) is 0 Å². The molecular formula is C79H99ClN10O21. The summed E-state index contributed by atoms with van der Waals surface area (Å²) in [4.78, 5) is 122. The van der Waals surface area contributed by atoms with Gasteiger partial charge in [-0.15, -0.1) is 0 Å². The fourth-order valence-corrected chi connectivity index (χ4v) is 17.1. The molecule has 6 heterocycles. The Morgan fingerprint density at radius 1 is 0.658 bits per heavy atom. The molecule has 1 saturated heterocycles. The number of aliphatic hydroxyl groups excluding tert-OH is 6. The first-order chi connectivity index (χ1) is 53.0. The van der Waals surface area contributed by atoms with Crippen LogP contribution in [0.1, 0.15) is 174 Å². The summed E-state index contributed by atoms with van der Waals surface area (Å²) in [5.74, 6) is -12.0. The number of aliphatic hydroxyl groups is 6. The van der Waals surface area contributed by atoms with Gasteiger partial charge in [-0.3, -0.25) is 38.4 Å². The zero-order valence-corrected chi connectivity index (χ0v) is 62.9. The molecule has 8 amide bonds. The summed E-state index contributed by atoms with van der Waals surface area (Å²) in [6.45, 7) is 6.70. The first-order valence-corrected chi connectivity index (χ1v) is 38.4. The van der Waals surface area contributed by atoms with Gasteiger partial charge in [0.25, 0.3) is 0 Å². The molecule has 14 atom stereocenters. The van der Waals surface area contributed by atoms with Crippen LogP contribution in [0.3, 0.4) is 0 Å². The maximum absolute atomic E-state index is 16.3. The van der Waals surface area contributed by atoms with Crippen LogP contribution in [-0.2, 0) is 49.6 Å². The van der Waals surface area contributed by atoms with Crippen LogP contribution >= 0.6 is 11.6 Å². The Kier molecular flexibility index (Phi) is 25.3. The number of likely N-dealkylation sites (N-methyl/N-ethyl adjacent to an activating group) is 1. The van der Waals surface area contributed by atoms with Crippen LogP contribution in [-0.4, -0.2) is 174 Å². The lowest BCUT2D eigenvalue weighted by molar-refractivity contribution is -0.277. The monoisotopic (exact) mass is 1560 g/mol. The Morgan fingerprint density at radius 3 is 1.94 bits per heavy atom. The van der Waals surface area contributed by atoms with Crippen LogP contribution in [0.25, 0.3) is 11.1 Å². The molecule has 31 nitrogen and oxygen atoms in total. The third-order valence-corrected chi connectivity index (χ3v) is 22.8. The average molecular weight is 1560 g/mol. The molecule has 6 aliphatic heterocycles. The molecule has 0 radical (unpaired) electrons. The number of carbonyl (C=O) groups is 8. The third-order valence-electron chi connectivity index (χ3n) is 22.5. The SMILES string of the molecule is CCCCCCCCNCc1c(O)cc2c(c1O)-c1cc(ccc1O)[C@H]1NC(=O)[C@@H]3NC(=O)[C@H](CC(N)=O)NC(=O)[C@H](NC(=O)[C@@H](CC(C)C)NC)[C@H](O)c4ccc(c(C)c4)Oc4cc3cc(c4O[C@@H]3O[C@H](CO)[C@@H](O)[C@H](O)[C@H]3O)Oc3ccc(cc3Cl)[C@@H](O)[C@H](NC1=O)C(=O)N[C@@H]2C(=O)NC1C2CC3CC(C2)CC1C3. The van der Waals surface area contributed by atoms with Crippen LogP contribution in [0, 0.1) is 36.5 Å². The van der Waals surface area contributed by atoms with E-state index in [-0.39, 0.29) is 103 Å². The van der Waals surface area contributed by atoms with Gasteiger partial charge in [0.05, 0.1) is 29.7 Å². The Balaban J connectivity index is 1.06. The summed E-state index contributed by atoms with van der Waals surface area (Å²) in [5.41, 5.74) is 4.24. The van der Waals surface area contributed by atoms with E-state index < -0.39 is 180 Å². The number of phenolic OH excluding ortho intramolecular Hbond substituents is 3. The second kappa shape index (κ2) is 34.7. The molecule has 111 heavy (non-hydrogen) atoms. The quantitative estimate of drug-likeness (QED) is 0.0464. The molecule has 598 valence electrons. The summed E-state index contributed by atoms with van der Waals surface area (Å²) < 4.78 is 25.6. The van der Waals surface area contributed by atoms with E-state index in [0.717, 1.165) is 94.9 Å². The number of hydrogen-bond donors (Lipinski definition) is 19. The molecule has 0 unspecified atom stereocenters. The molecule has 4 aliphatic carbocycles. The third kappa shape index (κ3) is 17.6. The highest BCUT2D eigenvalue weighted by molar-refractivity contribution is 6.32. The molecule has 5 aromatic rings. The van der Waals surface area contributed by atoms with E-state index in [2.05, 4.69) is 54.8 Å². The Hall–Kier alpha value is -9.41. The summed E-state index contributed by atoms with van der Waals surface area (Å²) in [6.07, 6.45) is -4.25. The number of fused-ring (bicyclic) bond motifs is 15. The molecule has 5 aromatic carbocycles. The molecule has 20 N–H and O–H groups in total. The van der Waals surface area contributed by atoms with E-state index in [1.165, 1.54) is 62.5 Å². The molecule has 0 aromatic heterocycles. The van der Waals surface area contributed by atoms with E-state index in [9.17, 15) is 60.3 Å². The average Bonchev–Trinajstić information content (AvgIpc) is 0.755. The van der Waals surface area contributed by atoms with Gasteiger partial charge < -0.3 is 118 Å². The standard InChI is InChI=1S/C79H99ClN10O21/c1-6-7-8-9-10-11-18-83-32-46-51(93)30-45-58(67(46)97)44-26-38(12-15-50(44)92)60-74(103)90-64(78(107)88-62(45)76(105)85-59-41-22-36-21-37(24-41)25-42(59)23-36)66(96)40-14-17-53(47(80)27-40)109-55-29-43-28-54(71(55)111-79-70(100)69(99)68(98)56(33-91)110-79)108-52-16-13-39(20-35(52)4)65(95)63(89-72(101)48(82-5)19-34(2)3)77(106)84-49(31-57(81)94)73(102)86-61(43)75(104)87-60/h12-17,20,26-30,34,36-37,41-42,48-49,56,59-66,68-70,79,82-83,91-93,95-100H,6-11,18-19,21-25,31-33H2,1-5H3,(H2,81,94)(H,84,106)(H,85,105)(H,86,102)(H,87,104)(H,88,107)(H,89,101)(H,90,103)/t36?,37?,41?,42?,48-,49+,56-,59?,60-,61-,62+,63-,64+,65-,66-,68-,69+,70-,79+/m1/s1. The highest BCUT2D eigenvalue weighted by Crippen LogP contribution is 2.55. The number of phenols is 3. The van der Waals surface area contributed by atoms with Gasteiger partial charge in [-0.2, -0.15) is 0 Å². The lowest BCUT2D eigenvalue weighted by atomic mass is 9.54. The molecular weight excluding hydrogens is 1460 g/mol. The van der Waals surface area contributed by atoms with Gasteiger partial charge >= 0.3 is 0 Å². The minimum absolute atomic E-state index is 0.00385. The van der Waals surface area contributed by atoms with Gasteiger partial charge in [0.15, 0.2) is 11.5 Å². The number of hydrogen-bond acceptors (Lipinski definition) is 23. The fourth-order valence-electron chi connectivity index (χ4n) is 16.8. The van der Waals surface area contributed by atoms with Crippen molar-refractivity contribution >= 4 is 58.9 Å². The van der Waals surface area contributed by atoms with E-state index in [1.807, 2.05) is 13.8 Å². The predicted octanol–water partition coefficient (Wildman–Crippen LogP) is 3.83. The maximum atomic E-state index is 16.3. The highest BCUT2D eigenvalue weighted by Gasteiger charge is 2.51. The van der Waals surface area contributed by atoms with E-state index in [4.69, 9.17) is 36.3 Å². The number of amides is 8. The zero-order chi connectivity index (χ0) is 79.5. The van der Waals surface area contributed by atoms with Gasteiger partial charge in [-0.25, -0.2) is 0 Å². The smallest absolute Gasteiger partial charge is 0.248 e. The van der Waals surface area contributed by atoms with E-state index in [0.29, 0.717) is 18.4 Å². The first-order valence-electron chi connectivity index (χ1n) is 38.0. The molecule has 4 saturated carbocycles. The van der Waals surface area contributed by atoms with Crippen LogP contribution in [0.4, 0.5) is 0 Å². The molecule has 10 aliphatic rings. The van der Waals surface area contributed by atoms with Gasteiger partial charge in [0, 0.05) is 23.7 Å². The largest absolute Gasteiger partial charge is 0.507 e. The van der Waals surface area contributed by atoms with Crippen molar-refractivity contribution in [2.24, 2.45) is 35.3 Å². The van der Waals surface area contributed by atoms with Gasteiger partial charge in [0.1, 0.15) is 102 Å². The number of unbranched alkanes of at least 4 members (excludes halogenated alkanes) is 5. The van der Waals surface area contributed by atoms with Crippen molar-refractivity contribution < 1.29 is 103 Å². The van der Waals surface area contributed by atoms with E-state index in [1.54, 1.807) is 0 Å². The number of rotatable bonds is 21. The number of carbonyl (C=O) groups excluding carboxylic acids is 8. The number of nitrogens with one attached hydrogen (secondary N) is 9. The fraction of sp³-hybridized carbons (Fsp3) is 0.519. The summed E-state index contributed by atoms with van der Waals surface area (Å²) >= 11 is 7.18. The Morgan fingerprint density at radius 2 is 1.29 bits per heavy atom. The topological polar surface area (TPSA) is 490 Å². The number of aryl methyl sites for hydroxylation is 1. The van der Waals surface area contributed by atoms with Crippen LogP contribution in [0.5, 0.6) is 46.0 Å². The number of benzene rings is 5. The van der Waals surface area contributed by atoms with Gasteiger partial charge in [-0.05, 0) is 183 Å². The maximum Gasteiger partial charge on any atom is 0.248 e. The lowest BCUT2D eigenvalue weighted by Crippen LogP contribution is -2.60. The number of nitrogens with two attached hydrogens (primary N) is 1. The summed E-state index contributed by atoms with van der Waals surface area (Å²) in [5, 5.41) is 131. The number of aromatic hydroxyl groups is 3. The van der Waals surface area contributed by atoms with Gasteiger partial charge in [-0.1, -0.05) is 82.7 Å². The number of primary amides is 1. The molecule has 5 fully saturated rings. The predicted molar refractivity (Wildman–Crippen MR) is 399 cm³/mol.